The van der Waals surface area contributed by atoms with Crippen LogP contribution < -0.4 is 22.1 Å². The highest BCUT2D eigenvalue weighted by molar-refractivity contribution is 14.1. The standard InChI is InChI=1S/C29H38F2IN7O3/c1-18(42-22-8-12-34-15-22)38-16-19(23-3-2-4-24(30)26(23)31)5-6-20(17-38)35-28(40)37-13-9-21(10-14-37)39-25(7-11-32)27(33)36-29(39)41/h2-4,7,11,19-22,34H,1,5-6,8-10,12-17,33H2,(H,35,40)(H,36,41)/b11-7-/t19-,20-,22?/m1/s1. The average molecular weight is 698 g/mol. The second-order valence-corrected chi connectivity index (χ2v) is 11.9. The number of carbonyl (C=O) groups is 1. The Labute approximate surface area is 257 Å². The Hall–Kier alpha value is -3.07. The fourth-order valence-corrected chi connectivity index (χ4v) is 6.60. The summed E-state index contributed by atoms with van der Waals surface area (Å²) in [5, 5.41) is 6.44. The van der Waals surface area contributed by atoms with Crippen LogP contribution in [-0.2, 0) is 4.74 Å². The molecule has 1 aromatic heterocycles. The van der Waals surface area contributed by atoms with Gasteiger partial charge >= 0.3 is 11.7 Å². The van der Waals surface area contributed by atoms with Crippen LogP contribution in [0.3, 0.4) is 0 Å². The number of anilines is 1. The first-order chi connectivity index (χ1) is 20.2. The van der Waals surface area contributed by atoms with Crippen LogP contribution in [0.2, 0.25) is 0 Å². The van der Waals surface area contributed by atoms with Crippen LogP contribution >= 0.6 is 22.6 Å². The van der Waals surface area contributed by atoms with E-state index in [2.05, 4.69) is 44.8 Å². The van der Waals surface area contributed by atoms with Crippen molar-refractivity contribution < 1.29 is 18.3 Å². The molecule has 1 unspecified atom stereocenters. The molecule has 1 aromatic carbocycles. The fourth-order valence-electron chi connectivity index (χ4n) is 6.26. The number of imidazole rings is 1. The highest BCUT2D eigenvalue weighted by Crippen LogP contribution is 2.32. The predicted molar refractivity (Wildman–Crippen MR) is 166 cm³/mol. The Morgan fingerprint density at radius 1 is 1.14 bits per heavy atom. The van der Waals surface area contributed by atoms with Gasteiger partial charge in [-0.3, -0.25) is 9.55 Å². The Kier molecular flexibility index (Phi) is 9.76. The Balaban J connectivity index is 1.25. The highest BCUT2D eigenvalue weighted by atomic mass is 127. The van der Waals surface area contributed by atoms with Crippen LogP contribution in [0.1, 0.15) is 55.3 Å². The monoisotopic (exact) mass is 697 g/mol. The average Bonchev–Trinajstić information content (AvgIpc) is 3.51. The lowest BCUT2D eigenvalue weighted by Crippen LogP contribution is -2.51. The zero-order chi connectivity index (χ0) is 29.8. The number of piperidine rings is 1. The second kappa shape index (κ2) is 13.5. The minimum absolute atomic E-state index is 0.00443. The van der Waals surface area contributed by atoms with E-state index >= 15 is 0 Å². The number of ether oxygens (including phenoxy) is 1. The molecule has 0 bridgehead atoms. The number of amides is 2. The van der Waals surface area contributed by atoms with Gasteiger partial charge in [0.15, 0.2) is 17.5 Å². The maximum atomic E-state index is 14.8. The van der Waals surface area contributed by atoms with Crippen LogP contribution in [0.4, 0.5) is 19.4 Å². The first-order valence-corrected chi connectivity index (χ1v) is 15.7. The molecule has 5 N–H and O–H groups in total. The minimum atomic E-state index is -0.870. The van der Waals surface area contributed by atoms with Gasteiger partial charge in [-0.05, 0) is 67.0 Å². The number of urea groups is 1. The highest BCUT2D eigenvalue weighted by Gasteiger charge is 2.32. The first-order valence-electron chi connectivity index (χ1n) is 14.4. The van der Waals surface area contributed by atoms with Crippen LogP contribution in [0, 0.1) is 11.6 Å². The van der Waals surface area contributed by atoms with Gasteiger partial charge < -0.3 is 30.9 Å². The third-order valence-corrected chi connectivity index (χ3v) is 8.86. The van der Waals surface area contributed by atoms with E-state index < -0.39 is 11.6 Å². The molecule has 0 spiro atoms. The molecule has 3 aliphatic heterocycles. The third-order valence-electron chi connectivity index (χ3n) is 8.50. The number of nitrogens with one attached hydrogen (secondary N) is 3. The number of carbonyl (C=O) groups excluding carboxylic acids is 1. The molecule has 5 rings (SSSR count). The number of nitrogens with two attached hydrogens (primary N) is 1. The molecule has 3 atom stereocenters. The van der Waals surface area contributed by atoms with E-state index in [9.17, 15) is 18.4 Å². The molecule has 3 aliphatic rings. The Bertz CT molecular complexity index is 1370. The van der Waals surface area contributed by atoms with Crippen LogP contribution in [0.5, 0.6) is 0 Å². The zero-order valence-corrected chi connectivity index (χ0v) is 25.6. The Morgan fingerprint density at radius 2 is 1.93 bits per heavy atom. The van der Waals surface area contributed by atoms with Crippen molar-refractivity contribution in [3.05, 3.63) is 68.1 Å². The van der Waals surface area contributed by atoms with Crippen molar-refractivity contribution in [2.75, 3.05) is 45.0 Å². The summed E-state index contributed by atoms with van der Waals surface area (Å²) in [6.45, 7) is 7.57. The van der Waals surface area contributed by atoms with Crippen molar-refractivity contribution in [1.82, 2.24) is 30.0 Å². The number of nitrogen functional groups attached to an aromatic ring is 1. The van der Waals surface area contributed by atoms with Gasteiger partial charge in [-0.25, -0.2) is 18.4 Å². The van der Waals surface area contributed by atoms with Crippen molar-refractivity contribution in [3.63, 3.8) is 0 Å². The molecule has 0 saturated carbocycles. The molecule has 4 heterocycles. The van der Waals surface area contributed by atoms with E-state index in [1.807, 2.05) is 8.98 Å². The van der Waals surface area contributed by atoms with Crippen molar-refractivity contribution in [2.45, 2.75) is 56.2 Å². The van der Waals surface area contributed by atoms with E-state index in [1.165, 1.54) is 6.07 Å². The largest absolute Gasteiger partial charge is 0.475 e. The number of hydrogen-bond acceptors (Lipinski definition) is 6. The van der Waals surface area contributed by atoms with E-state index in [1.54, 1.807) is 21.6 Å². The number of H-pyrrole nitrogens is 1. The van der Waals surface area contributed by atoms with Crippen molar-refractivity contribution in [2.24, 2.45) is 0 Å². The molecule has 0 radical (unpaired) electrons. The summed E-state index contributed by atoms with van der Waals surface area (Å²) in [5.74, 6) is -1.19. The number of aromatic amines is 1. The van der Waals surface area contributed by atoms with E-state index in [4.69, 9.17) is 10.5 Å². The van der Waals surface area contributed by atoms with E-state index in [0.29, 0.717) is 74.8 Å². The zero-order valence-electron chi connectivity index (χ0n) is 23.5. The van der Waals surface area contributed by atoms with Gasteiger partial charge in [0, 0.05) is 50.7 Å². The van der Waals surface area contributed by atoms with Gasteiger partial charge in [-0.1, -0.05) is 34.7 Å². The second-order valence-electron chi connectivity index (χ2n) is 11.2. The Morgan fingerprint density at radius 3 is 2.64 bits per heavy atom. The molecular formula is C29H38F2IN7O3. The number of halogens is 3. The summed E-state index contributed by atoms with van der Waals surface area (Å²) in [4.78, 5) is 32.3. The summed E-state index contributed by atoms with van der Waals surface area (Å²) in [6, 6.07) is 3.77. The van der Waals surface area contributed by atoms with Crippen molar-refractivity contribution in [1.29, 1.82) is 0 Å². The summed E-state index contributed by atoms with van der Waals surface area (Å²) in [6.07, 6.45) is 5.04. The maximum absolute atomic E-state index is 14.8. The molecule has 10 nitrogen and oxygen atoms in total. The lowest BCUT2D eigenvalue weighted by molar-refractivity contribution is 0.0590. The number of likely N-dealkylation sites (tertiary alicyclic amines) is 2. The third kappa shape index (κ3) is 6.77. The predicted octanol–water partition coefficient (Wildman–Crippen LogP) is 3.89. The van der Waals surface area contributed by atoms with Gasteiger partial charge in [-0.15, -0.1) is 0 Å². The topological polar surface area (TPSA) is 121 Å². The van der Waals surface area contributed by atoms with Gasteiger partial charge in [0.1, 0.15) is 11.9 Å². The summed E-state index contributed by atoms with van der Waals surface area (Å²) in [7, 11) is 0. The van der Waals surface area contributed by atoms with Gasteiger partial charge in [0.05, 0.1) is 5.69 Å². The van der Waals surface area contributed by atoms with Gasteiger partial charge in [-0.2, -0.15) is 0 Å². The normalized spacial score (nSPS) is 23.7. The van der Waals surface area contributed by atoms with Gasteiger partial charge in [0.2, 0.25) is 0 Å². The number of rotatable bonds is 7. The number of hydrogen-bond donors (Lipinski definition) is 4. The molecule has 3 fully saturated rings. The molecule has 2 aromatic rings. The number of benzene rings is 1. The van der Waals surface area contributed by atoms with Crippen molar-refractivity contribution >= 4 is 40.5 Å². The lowest BCUT2D eigenvalue weighted by Gasteiger charge is -2.35. The molecule has 3 saturated heterocycles. The first kappa shape index (κ1) is 30.4. The lowest BCUT2D eigenvalue weighted by atomic mass is 9.93. The molecule has 0 aliphatic carbocycles. The van der Waals surface area contributed by atoms with Crippen LogP contribution in [0.15, 0.2) is 39.5 Å². The minimum Gasteiger partial charge on any atom is -0.475 e. The molecule has 228 valence electrons. The molecule has 42 heavy (non-hydrogen) atoms. The fraction of sp³-hybridized carbons (Fsp3) is 0.517. The van der Waals surface area contributed by atoms with E-state index in [-0.39, 0.29) is 35.8 Å². The van der Waals surface area contributed by atoms with E-state index in [0.717, 1.165) is 25.6 Å². The molecule has 13 heteroatoms. The van der Waals surface area contributed by atoms with Gasteiger partial charge in [0.25, 0.3) is 0 Å². The quantitative estimate of drug-likeness (QED) is 0.258. The molecule has 2 amide bonds. The smallest absolute Gasteiger partial charge is 0.327 e. The number of nitrogens with zero attached hydrogens (tertiary/aromatic N) is 3. The van der Waals surface area contributed by atoms with Crippen molar-refractivity contribution in [3.8, 4) is 0 Å². The maximum Gasteiger partial charge on any atom is 0.327 e. The SMILES string of the molecule is C=C(OC1CCNC1)N1C[C@H](NC(=O)N2CCC(n3c(/C=C\I)c(N)[nH]c3=O)CC2)CC[C@@H](c2cccc(F)c2F)C1. The van der Waals surface area contributed by atoms with Crippen LogP contribution in [0.25, 0.3) is 6.08 Å². The number of aromatic nitrogens is 2. The molecular weight excluding hydrogens is 659 g/mol. The summed E-state index contributed by atoms with van der Waals surface area (Å²) < 4.78 is 38.5. The van der Waals surface area contributed by atoms with Crippen LogP contribution in [-0.4, -0.2) is 76.8 Å². The summed E-state index contributed by atoms with van der Waals surface area (Å²) in [5.41, 5.74) is 6.72. The summed E-state index contributed by atoms with van der Waals surface area (Å²) >= 11 is 2.09.